The van der Waals surface area contributed by atoms with E-state index in [-0.39, 0.29) is 18.2 Å². The van der Waals surface area contributed by atoms with Crippen molar-refractivity contribution in [3.8, 4) is 5.75 Å². The van der Waals surface area contributed by atoms with Crippen molar-refractivity contribution in [1.29, 1.82) is 0 Å². The summed E-state index contributed by atoms with van der Waals surface area (Å²) in [5, 5.41) is 26.7. The SMILES string of the molecule is O=C(O)CNC(=O)c1c(O)c(C2CCCCC2)nn(Cc2ccc(Cl)c(Cl)c2)c1=O. The fraction of sp³-hybridized carbons (Fsp3) is 0.400. The third kappa shape index (κ3) is 4.94. The summed E-state index contributed by atoms with van der Waals surface area (Å²) in [6.45, 7) is -0.666. The molecule has 8 nitrogen and oxygen atoms in total. The Balaban J connectivity index is 2.06. The average molecular weight is 454 g/mol. The van der Waals surface area contributed by atoms with Gasteiger partial charge in [-0.3, -0.25) is 14.4 Å². The summed E-state index contributed by atoms with van der Waals surface area (Å²) in [6, 6.07) is 4.86. The highest BCUT2D eigenvalue weighted by Crippen LogP contribution is 2.36. The molecule has 1 aromatic carbocycles. The second-order valence-corrected chi connectivity index (χ2v) is 8.05. The number of carbonyl (C=O) groups excluding carboxylic acids is 1. The lowest BCUT2D eigenvalue weighted by molar-refractivity contribution is -0.135. The van der Waals surface area contributed by atoms with Crippen LogP contribution in [0.2, 0.25) is 10.0 Å². The number of aliphatic carboxylic acids is 1. The van der Waals surface area contributed by atoms with Crippen LogP contribution in [0.1, 0.15) is 59.6 Å². The van der Waals surface area contributed by atoms with E-state index in [2.05, 4.69) is 10.4 Å². The quantitative estimate of drug-likeness (QED) is 0.617. The first-order chi connectivity index (χ1) is 14.3. The molecule has 0 radical (unpaired) electrons. The topological polar surface area (TPSA) is 122 Å². The van der Waals surface area contributed by atoms with Crippen molar-refractivity contribution < 1.29 is 19.8 Å². The summed E-state index contributed by atoms with van der Waals surface area (Å²) in [5.74, 6) is -2.80. The van der Waals surface area contributed by atoms with Crippen molar-refractivity contribution in [3.05, 3.63) is 55.4 Å². The number of rotatable bonds is 6. The maximum absolute atomic E-state index is 12.9. The Morgan fingerprint density at radius 2 is 1.87 bits per heavy atom. The Kier molecular flexibility index (Phi) is 6.99. The predicted octanol–water partition coefficient (Wildman–Crippen LogP) is 3.17. The minimum atomic E-state index is -1.26. The van der Waals surface area contributed by atoms with Crippen molar-refractivity contribution in [2.45, 2.75) is 44.6 Å². The number of carbonyl (C=O) groups is 2. The Morgan fingerprint density at radius 1 is 1.17 bits per heavy atom. The van der Waals surface area contributed by atoms with Gasteiger partial charge in [-0.2, -0.15) is 5.10 Å². The lowest BCUT2D eigenvalue weighted by Gasteiger charge is -2.23. The molecular formula is C20H21Cl2N3O5. The molecule has 0 unspecified atom stereocenters. The second kappa shape index (κ2) is 9.49. The van der Waals surface area contributed by atoms with Gasteiger partial charge in [-0.05, 0) is 30.5 Å². The zero-order valence-corrected chi connectivity index (χ0v) is 17.5. The summed E-state index contributed by atoms with van der Waals surface area (Å²) < 4.78 is 1.10. The molecule has 1 aliphatic carbocycles. The van der Waals surface area contributed by atoms with Crippen LogP contribution in [0.5, 0.6) is 5.75 Å². The van der Waals surface area contributed by atoms with Crippen LogP contribution in [0, 0.1) is 0 Å². The van der Waals surface area contributed by atoms with Crippen molar-refractivity contribution in [2.24, 2.45) is 0 Å². The summed E-state index contributed by atoms with van der Waals surface area (Å²) >= 11 is 12.0. The molecule has 0 bridgehead atoms. The molecule has 2 aromatic rings. The monoisotopic (exact) mass is 453 g/mol. The fourth-order valence-electron chi connectivity index (χ4n) is 3.60. The molecule has 1 aromatic heterocycles. The van der Waals surface area contributed by atoms with Gasteiger partial charge in [0.1, 0.15) is 17.8 Å². The van der Waals surface area contributed by atoms with Crippen LogP contribution >= 0.6 is 23.2 Å². The van der Waals surface area contributed by atoms with Gasteiger partial charge in [0.15, 0.2) is 5.75 Å². The van der Waals surface area contributed by atoms with Crippen LogP contribution in [0.3, 0.4) is 0 Å². The standard InChI is InChI=1S/C20H21Cl2N3O5/c21-13-7-6-11(8-14(13)22)10-25-20(30)16(19(29)23-9-15(26)27)18(28)17(24-25)12-4-2-1-3-5-12/h6-8,12,28H,1-5,9-10H2,(H,23,29)(H,26,27). The number of aromatic nitrogens is 2. The molecule has 1 aliphatic rings. The molecule has 1 saturated carbocycles. The normalized spacial score (nSPS) is 14.5. The number of nitrogens with zero attached hydrogens (tertiary/aromatic N) is 2. The largest absolute Gasteiger partial charge is 0.505 e. The van der Waals surface area contributed by atoms with E-state index in [4.69, 9.17) is 28.3 Å². The Labute approximate surface area is 182 Å². The van der Waals surface area contributed by atoms with Gasteiger partial charge in [-0.25, -0.2) is 4.68 Å². The van der Waals surface area contributed by atoms with Crippen LogP contribution in [-0.4, -0.2) is 38.4 Å². The van der Waals surface area contributed by atoms with Gasteiger partial charge in [0.05, 0.1) is 16.6 Å². The minimum absolute atomic E-state index is 0.00886. The molecule has 0 saturated heterocycles. The molecule has 160 valence electrons. The first-order valence-electron chi connectivity index (χ1n) is 9.55. The van der Waals surface area contributed by atoms with E-state index >= 15 is 0 Å². The summed E-state index contributed by atoms with van der Waals surface area (Å²) in [5.41, 5.74) is -0.418. The molecule has 3 rings (SSSR count). The van der Waals surface area contributed by atoms with Crippen LogP contribution in [0.15, 0.2) is 23.0 Å². The molecule has 1 amide bonds. The molecule has 10 heteroatoms. The zero-order chi connectivity index (χ0) is 21.8. The molecule has 3 N–H and O–H groups in total. The van der Waals surface area contributed by atoms with Crippen LogP contribution in [0.4, 0.5) is 0 Å². The first-order valence-corrected chi connectivity index (χ1v) is 10.3. The number of carboxylic acid groups (broad SMARTS) is 1. The second-order valence-electron chi connectivity index (χ2n) is 7.23. The van der Waals surface area contributed by atoms with Gasteiger partial charge in [-0.1, -0.05) is 48.5 Å². The van der Waals surface area contributed by atoms with E-state index in [1.807, 2.05) is 0 Å². The van der Waals surface area contributed by atoms with E-state index in [1.165, 1.54) is 0 Å². The average Bonchev–Trinajstić information content (AvgIpc) is 2.72. The maximum Gasteiger partial charge on any atom is 0.322 e. The van der Waals surface area contributed by atoms with Crippen LogP contribution < -0.4 is 10.9 Å². The summed E-state index contributed by atoms with van der Waals surface area (Å²) in [6.07, 6.45) is 4.55. The van der Waals surface area contributed by atoms with Crippen LogP contribution in [-0.2, 0) is 11.3 Å². The number of carboxylic acids is 1. The van der Waals surface area contributed by atoms with Gasteiger partial charge in [0.25, 0.3) is 11.5 Å². The number of amides is 1. The van der Waals surface area contributed by atoms with Crippen molar-refractivity contribution in [1.82, 2.24) is 15.1 Å². The lowest BCUT2D eigenvalue weighted by atomic mass is 9.86. The number of halogens is 2. The zero-order valence-electron chi connectivity index (χ0n) is 16.0. The third-order valence-electron chi connectivity index (χ3n) is 5.09. The van der Waals surface area contributed by atoms with Crippen molar-refractivity contribution >= 4 is 35.1 Å². The summed E-state index contributed by atoms with van der Waals surface area (Å²) in [4.78, 5) is 36.2. The van der Waals surface area contributed by atoms with E-state index < -0.39 is 35.3 Å². The first kappa shape index (κ1) is 22.1. The highest BCUT2D eigenvalue weighted by atomic mass is 35.5. The molecule has 0 aliphatic heterocycles. The van der Waals surface area contributed by atoms with E-state index in [1.54, 1.807) is 18.2 Å². The Hall–Kier alpha value is -2.58. The molecule has 0 atom stereocenters. The lowest BCUT2D eigenvalue weighted by Crippen LogP contribution is -2.37. The molecule has 30 heavy (non-hydrogen) atoms. The Morgan fingerprint density at radius 3 is 2.50 bits per heavy atom. The van der Waals surface area contributed by atoms with Gasteiger partial charge in [0, 0.05) is 5.92 Å². The number of aromatic hydroxyl groups is 1. The van der Waals surface area contributed by atoms with Crippen LogP contribution in [0.25, 0.3) is 0 Å². The van der Waals surface area contributed by atoms with E-state index in [0.29, 0.717) is 15.6 Å². The van der Waals surface area contributed by atoms with Gasteiger partial charge in [-0.15, -0.1) is 0 Å². The Bertz CT molecular complexity index is 1030. The summed E-state index contributed by atoms with van der Waals surface area (Å²) in [7, 11) is 0. The van der Waals surface area contributed by atoms with Crippen molar-refractivity contribution in [3.63, 3.8) is 0 Å². The number of nitrogens with one attached hydrogen (secondary N) is 1. The highest BCUT2D eigenvalue weighted by Gasteiger charge is 2.28. The molecule has 1 heterocycles. The van der Waals surface area contributed by atoms with Gasteiger partial charge in [0.2, 0.25) is 0 Å². The number of hydrogen-bond acceptors (Lipinski definition) is 5. The third-order valence-corrected chi connectivity index (χ3v) is 5.83. The predicted molar refractivity (Wildman–Crippen MR) is 112 cm³/mol. The van der Waals surface area contributed by atoms with E-state index in [9.17, 15) is 19.5 Å². The molecule has 0 spiro atoms. The fourth-order valence-corrected chi connectivity index (χ4v) is 3.92. The van der Waals surface area contributed by atoms with Crippen molar-refractivity contribution in [2.75, 3.05) is 6.54 Å². The number of hydrogen-bond donors (Lipinski definition) is 3. The minimum Gasteiger partial charge on any atom is -0.505 e. The molecule has 1 fully saturated rings. The van der Waals surface area contributed by atoms with Gasteiger partial charge >= 0.3 is 5.97 Å². The highest BCUT2D eigenvalue weighted by molar-refractivity contribution is 6.42. The number of benzene rings is 1. The van der Waals surface area contributed by atoms with E-state index in [0.717, 1.165) is 36.8 Å². The maximum atomic E-state index is 12.9. The smallest absolute Gasteiger partial charge is 0.322 e. The van der Waals surface area contributed by atoms with Gasteiger partial charge < -0.3 is 15.5 Å². The molecular weight excluding hydrogens is 433 g/mol.